The van der Waals surface area contributed by atoms with E-state index in [9.17, 15) is 0 Å². The van der Waals surface area contributed by atoms with E-state index in [0.717, 1.165) is 17.7 Å². The molecule has 0 amide bonds. The van der Waals surface area contributed by atoms with Gasteiger partial charge in [-0.2, -0.15) is 0 Å². The van der Waals surface area contributed by atoms with Crippen LogP contribution in [0.4, 0.5) is 5.82 Å². The van der Waals surface area contributed by atoms with Crippen molar-refractivity contribution in [2.45, 2.75) is 25.3 Å². The van der Waals surface area contributed by atoms with Gasteiger partial charge in [0.15, 0.2) is 0 Å². The highest BCUT2D eigenvalue weighted by Gasteiger charge is 2.47. The quantitative estimate of drug-likeness (QED) is 0.777. The SMILES string of the molecule is Clc1nccc(N[C@@H]2C[C@H]2C2CC2)n1. The lowest BCUT2D eigenvalue weighted by Crippen LogP contribution is -2.07. The lowest BCUT2D eigenvalue weighted by atomic mass is 10.3. The molecule has 1 heterocycles. The Morgan fingerprint density at radius 3 is 3.00 bits per heavy atom. The third-order valence-electron chi connectivity index (χ3n) is 3.03. The summed E-state index contributed by atoms with van der Waals surface area (Å²) in [6.45, 7) is 0. The van der Waals surface area contributed by atoms with Crippen LogP contribution in [0.25, 0.3) is 0 Å². The fourth-order valence-electron chi connectivity index (χ4n) is 2.03. The second kappa shape index (κ2) is 3.09. The molecule has 3 rings (SSSR count). The van der Waals surface area contributed by atoms with Gasteiger partial charge in [0.2, 0.25) is 5.28 Å². The van der Waals surface area contributed by atoms with Gasteiger partial charge in [0, 0.05) is 12.2 Å². The average molecular weight is 210 g/mol. The molecule has 2 fully saturated rings. The highest BCUT2D eigenvalue weighted by molar-refractivity contribution is 6.28. The molecule has 2 saturated carbocycles. The van der Waals surface area contributed by atoms with Gasteiger partial charge >= 0.3 is 0 Å². The summed E-state index contributed by atoms with van der Waals surface area (Å²) in [6.07, 6.45) is 5.83. The molecule has 0 aromatic carbocycles. The molecule has 2 aliphatic carbocycles. The highest BCUT2D eigenvalue weighted by atomic mass is 35.5. The fourth-order valence-corrected chi connectivity index (χ4v) is 2.18. The maximum Gasteiger partial charge on any atom is 0.224 e. The molecule has 0 spiro atoms. The van der Waals surface area contributed by atoms with Crippen molar-refractivity contribution in [3.63, 3.8) is 0 Å². The zero-order valence-corrected chi connectivity index (χ0v) is 8.54. The van der Waals surface area contributed by atoms with Crippen molar-refractivity contribution in [2.75, 3.05) is 5.32 Å². The molecule has 0 radical (unpaired) electrons. The van der Waals surface area contributed by atoms with E-state index >= 15 is 0 Å². The van der Waals surface area contributed by atoms with Crippen LogP contribution in [0.5, 0.6) is 0 Å². The Bertz CT molecular complexity index is 351. The van der Waals surface area contributed by atoms with Gasteiger partial charge in [-0.25, -0.2) is 9.97 Å². The standard InChI is InChI=1S/C10H12ClN3/c11-10-12-4-3-9(14-10)13-8-5-7(8)6-1-2-6/h3-4,6-8H,1-2,5H2,(H,12,13,14)/t7-,8+/m0/s1. The van der Waals surface area contributed by atoms with Crippen LogP contribution >= 0.6 is 11.6 Å². The molecule has 74 valence electrons. The Balaban J connectivity index is 1.62. The van der Waals surface area contributed by atoms with Crippen LogP contribution in [0, 0.1) is 11.8 Å². The van der Waals surface area contributed by atoms with Crippen LogP contribution in [0.2, 0.25) is 5.28 Å². The first kappa shape index (κ1) is 8.48. The number of nitrogens with zero attached hydrogens (tertiary/aromatic N) is 2. The molecular weight excluding hydrogens is 198 g/mol. The summed E-state index contributed by atoms with van der Waals surface area (Å²) in [4.78, 5) is 7.96. The van der Waals surface area contributed by atoms with Crippen molar-refractivity contribution < 1.29 is 0 Å². The van der Waals surface area contributed by atoms with Crippen LogP contribution in [0.1, 0.15) is 19.3 Å². The minimum atomic E-state index is 0.318. The Morgan fingerprint density at radius 1 is 1.43 bits per heavy atom. The molecular formula is C10H12ClN3. The monoisotopic (exact) mass is 209 g/mol. The number of aromatic nitrogens is 2. The van der Waals surface area contributed by atoms with E-state index < -0.39 is 0 Å². The first-order chi connectivity index (χ1) is 6.83. The second-order valence-corrected chi connectivity index (χ2v) is 4.54. The molecule has 2 aliphatic rings. The maximum atomic E-state index is 5.70. The van der Waals surface area contributed by atoms with E-state index in [-0.39, 0.29) is 0 Å². The van der Waals surface area contributed by atoms with Crippen molar-refractivity contribution in [1.29, 1.82) is 0 Å². The van der Waals surface area contributed by atoms with Crippen LogP contribution in [-0.4, -0.2) is 16.0 Å². The highest BCUT2D eigenvalue weighted by Crippen LogP contribution is 2.50. The summed E-state index contributed by atoms with van der Waals surface area (Å²) in [7, 11) is 0. The minimum Gasteiger partial charge on any atom is -0.367 e. The smallest absolute Gasteiger partial charge is 0.224 e. The second-order valence-electron chi connectivity index (χ2n) is 4.20. The van der Waals surface area contributed by atoms with E-state index in [1.165, 1.54) is 19.3 Å². The molecule has 1 N–H and O–H groups in total. The van der Waals surface area contributed by atoms with Gasteiger partial charge < -0.3 is 5.32 Å². The number of hydrogen-bond donors (Lipinski definition) is 1. The van der Waals surface area contributed by atoms with E-state index in [0.29, 0.717) is 11.3 Å². The number of halogens is 1. The van der Waals surface area contributed by atoms with Gasteiger partial charge in [0.1, 0.15) is 5.82 Å². The van der Waals surface area contributed by atoms with Gasteiger partial charge in [-0.3, -0.25) is 0 Å². The number of anilines is 1. The summed E-state index contributed by atoms with van der Waals surface area (Å²) < 4.78 is 0. The average Bonchev–Trinajstić information content (AvgIpc) is 2.96. The van der Waals surface area contributed by atoms with Crippen molar-refractivity contribution >= 4 is 17.4 Å². The lowest BCUT2D eigenvalue weighted by Gasteiger charge is -2.03. The third-order valence-corrected chi connectivity index (χ3v) is 3.21. The van der Waals surface area contributed by atoms with Crippen molar-refractivity contribution in [3.05, 3.63) is 17.5 Å². The van der Waals surface area contributed by atoms with Crippen LogP contribution in [-0.2, 0) is 0 Å². The maximum absolute atomic E-state index is 5.70. The Labute approximate surface area is 87.9 Å². The van der Waals surface area contributed by atoms with Gasteiger partial charge in [-0.1, -0.05) is 0 Å². The molecule has 2 atom stereocenters. The summed E-state index contributed by atoms with van der Waals surface area (Å²) in [6, 6.07) is 2.50. The van der Waals surface area contributed by atoms with Gasteiger partial charge in [-0.05, 0) is 48.8 Å². The zero-order valence-electron chi connectivity index (χ0n) is 7.78. The number of hydrogen-bond acceptors (Lipinski definition) is 3. The van der Waals surface area contributed by atoms with Gasteiger partial charge in [0.05, 0.1) is 0 Å². The third kappa shape index (κ3) is 1.69. The van der Waals surface area contributed by atoms with E-state index in [2.05, 4.69) is 15.3 Å². The lowest BCUT2D eigenvalue weighted by molar-refractivity contribution is 0.696. The van der Waals surface area contributed by atoms with Crippen LogP contribution in [0.3, 0.4) is 0 Å². The molecule has 0 saturated heterocycles. The summed E-state index contributed by atoms with van der Waals surface area (Å²) in [5.41, 5.74) is 0. The predicted octanol–water partition coefficient (Wildman–Crippen LogP) is 2.34. The summed E-state index contributed by atoms with van der Waals surface area (Å²) in [5.74, 6) is 2.74. The topological polar surface area (TPSA) is 37.8 Å². The number of rotatable bonds is 3. The molecule has 14 heavy (non-hydrogen) atoms. The first-order valence-corrected chi connectivity index (χ1v) is 5.46. The molecule has 0 bridgehead atoms. The van der Waals surface area contributed by atoms with Crippen LogP contribution in [0.15, 0.2) is 12.3 Å². The van der Waals surface area contributed by atoms with Crippen LogP contribution < -0.4 is 5.32 Å². The van der Waals surface area contributed by atoms with E-state index in [1.54, 1.807) is 6.20 Å². The largest absolute Gasteiger partial charge is 0.367 e. The van der Waals surface area contributed by atoms with E-state index in [4.69, 9.17) is 11.6 Å². The minimum absolute atomic E-state index is 0.318. The predicted molar refractivity (Wildman–Crippen MR) is 55.3 cm³/mol. The zero-order chi connectivity index (χ0) is 9.54. The molecule has 0 unspecified atom stereocenters. The van der Waals surface area contributed by atoms with E-state index in [1.807, 2.05) is 6.07 Å². The Kier molecular flexibility index (Phi) is 1.87. The molecule has 4 heteroatoms. The summed E-state index contributed by atoms with van der Waals surface area (Å²) >= 11 is 5.70. The van der Waals surface area contributed by atoms with Gasteiger partial charge in [0.25, 0.3) is 0 Å². The first-order valence-electron chi connectivity index (χ1n) is 5.08. The molecule has 1 aromatic rings. The number of nitrogens with one attached hydrogen (secondary N) is 1. The van der Waals surface area contributed by atoms with Crippen molar-refractivity contribution in [1.82, 2.24) is 9.97 Å². The Hall–Kier alpha value is -0.830. The molecule has 1 aromatic heterocycles. The summed E-state index contributed by atoms with van der Waals surface area (Å²) in [5, 5.41) is 3.71. The van der Waals surface area contributed by atoms with Gasteiger partial charge in [-0.15, -0.1) is 0 Å². The Morgan fingerprint density at radius 2 is 2.29 bits per heavy atom. The fraction of sp³-hybridized carbons (Fsp3) is 0.600. The van der Waals surface area contributed by atoms with Crippen molar-refractivity contribution in [2.24, 2.45) is 11.8 Å². The van der Waals surface area contributed by atoms with Crippen molar-refractivity contribution in [3.8, 4) is 0 Å². The molecule has 0 aliphatic heterocycles. The normalized spacial score (nSPS) is 30.1. The molecule has 3 nitrogen and oxygen atoms in total.